The van der Waals surface area contributed by atoms with Gasteiger partial charge in [-0.05, 0) is 35.9 Å². The van der Waals surface area contributed by atoms with Gasteiger partial charge in [0, 0.05) is 17.3 Å². The van der Waals surface area contributed by atoms with Gasteiger partial charge in [0.2, 0.25) is 11.8 Å². The molecule has 2 N–H and O–H groups in total. The molecule has 0 heterocycles. The predicted octanol–water partition coefficient (Wildman–Crippen LogP) is 4.00. The molecule has 8 heteroatoms. The molecule has 132 valence electrons. The Labute approximate surface area is 147 Å². The van der Waals surface area contributed by atoms with E-state index in [4.69, 9.17) is 11.6 Å². The molecule has 0 bridgehead atoms. The summed E-state index contributed by atoms with van der Waals surface area (Å²) in [5.41, 5.74) is 0.0700. The maximum atomic E-state index is 12.5. The molecule has 2 aromatic carbocycles. The first-order chi connectivity index (χ1) is 11.8. The van der Waals surface area contributed by atoms with Crippen LogP contribution in [0.25, 0.3) is 0 Å². The van der Waals surface area contributed by atoms with E-state index in [9.17, 15) is 22.8 Å². The third-order valence-corrected chi connectivity index (χ3v) is 3.62. The highest BCUT2D eigenvalue weighted by Gasteiger charge is 2.30. The van der Waals surface area contributed by atoms with Crippen LogP contribution in [0.3, 0.4) is 0 Å². The molecule has 0 saturated carbocycles. The van der Waals surface area contributed by atoms with Gasteiger partial charge in [-0.1, -0.05) is 29.8 Å². The molecule has 0 aliphatic rings. The Bertz CT molecular complexity index is 761. The first-order valence-corrected chi connectivity index (χ1v) is 7.61. The second-order valence-corrected chi connectivity index (χ2v) is 5.58. The molecular formula is C17H14ClF3N2O2. The van der Waals surface area contributed by atoms with Crippen LogP contribution in [0.4, 0.5) is 18.9 Å². The van der Waals surface area contributed by atoms with E-state index in [-0.39, 0.29) is 12.2 Å². The number of halogens is 4. The number of benzene rings is 2. The Morgan fingerprint density at radius 3 is 2.20 bits per heavy atom. The van der Waals surface area contributed by atoms with E-state index in [0.717, 1.165) is 24.3 Å². The Morgan fingerprint density at radius 2 is 1.60 bits per heavy atom. The molecule has 0 radical (unpaired) electrons. The number of hydrogen-bond acceptors (Lipinski definition) is 2. The summed E-state index contributed by atoms with van der Waals surface area (Å²) in [4.78, 5) is 23.5. The van der Waals surface area contributed by atoms with Crippen molar-refractivity contribution in [2.75, 3.05) is 5.32 Å². The van der Waals surface area contributed by atoms with Gasteiger partial charge in [0.15, 0.2) is 0 Å². The molecule has 0 atom stereocenters. The van der Waals surface area contributed by atoms with Crippen LogP contribution in [0.1, 0.15) is 17.5 Å². The van der Waals surface area contributed by atoms with Crippen LogP contribution in [0, 0.1) is 0 Å². The van der Waals surface area contributed by atoms with Crippen molar-refractivity contribution in [2.24, 2.45) is 0 Å². The molecule has 0 unspecified atom stereocenters. The predicted molar refractivity (Wildman–Crippen MR) is 88.0 cm³/mol. The minimum Gasteiger partial charge on any atom is -0.352 e. The summed E-state index contributed by atoms with van der Waals surface area (Å²) in [6.45, 7) is 0.173. The van der Waals surface area contributed by atoms with Gasteiger partial charge in [-0.25, -0.2) is 0 Å². The average molecular weight is 371 g/mol. The van der Waals surface area contributed by atoms with Crippen molar-refractivity contribution in [2.45, 2.75) is 19.1 Å². The number of carbonyl (C=O) groups is 2. The van der Waals surface area contributed by atoms with Crippen LogP contribution in [-0.2, 0) is 22.3 Å². The normalized spacial score (nSPS) is 11.0. The van der Waals surface area contributed by atoms with Crippen molar-refractivity contribution in [3.8, 4) is 0 Å². The summed E-state index contributed by atoms with van der Waals surface area (Å²) in [6.07, 6.45) is -4.90. The summed E-state index contributed by atoms with van der Waals surface area (Å²) in [6, 6.07) is 10.9. The molecule has 2 amide bonds. The van der Waals surface area contributed by atoms with Gasteiger partial charge in [-0.2, -0.15) is 13.2 Å². The van der Waals surface area contributed by atoms with E-state index >= 15 is 0 Å². The van der Waals surface area contributed by atoms with Crippen molar-refractivity contribution >= 4 is 29.1 Å². The van der Waals surface area contributed by atoms with Crippen molar-refractivity contribution in [3.63, 3.8) is 0 Å². The van der Waals surface area contributed by atoms with Gasteiger partial charge < -0.3 is 10.6 Å². The third-order valence-electron chi connectivity index (χ3n) is 3.25. The van der Waals surface area contributed by atoms with E-state index < -0.39 is 30.0 Å². The van der Waals surface area contributed by atoms with Crippen molar-refractivity contribution < 1.29 is 22.8 Å². The van der Waals surface area contributed by atoms with E-state index in [0.29, 0.717) is 10.6 Å². The van der Waals surface area contributed by atoms with Gasteiger partial charge in [0.25, 0.3) is 0 Å². The Hall–Kier alpha value is -2.54. The molecule has 0 aliphatic heterocycles. The Balaban J connectivity index is 1.83. The van der Waals surface area contributed by atoms with Gasteiger partial charge in [0.05, 0.1) is 5.56 Å². The second kappa shape index (κ2) is 8.02. The van der Waals surface area contributed by atoms with E-state index in [1.54, 1.807) is 24.3 Å². The molecule has 0 aliphatic carbocycles. The summed E-state index contributed by atoms with van der Waals surface area (Å²) in [5.74, 6) is -1.15. The van der Waals surface area contributed by atoms with E-state index in [2.05, 4.69) is 10.6 Å². The highest BCUT2D eigenvalue weighted by atomic mass is 35.5. The van der Waals surface area contributed by atoms with Gasteiger partial charge in [0.1, 0.15) is 6.42 Å². The lowest BCUT2D eigenvalue weighted by molar-refractivity contribution is -0.137. The summed E-state index contributed by atoms with van der Waals surface area (Å²) in [7, 11) is 0. The number of rotatable bonds is 5. The number of hydrogen-bond donors (Lipinski definition) is 2. The van der Waals surface area contributed by atoms with Crippen molar-refractivity contribution in [1.82, 2.24) is 5.32 Å². The second-order valence-electron chi connectivity index (χ2n) is 5.17. The lowest BCUT2D eigenvalue weighted by Crippen LogP contribution is -2.27. The van der Waals surface area contributed by atoms with E-state index in [1.807, 2.05) is 0 Å². The van der Waals surface area contributed by atoms with Crippen molar-refractivity contribution in [3.05, 3.63) is 64.7 Å². The lowest BCUT2D eigenvalue weighted by Gasteiger charge is -2.09. The standard InChI is InChI=1S/C17H14ClF3N2O2/c18-14-4-2-1-3-11(14)10-22-15(24)9-16(25)23-13-7-5-12(6-8-13)17(19,20)21/h1-8H,9-10H2,(H,22,24)(H,23,25). The summed E-state index contributed by atoms with van der Waals surface area (Å²) >= 11 is 5.95. The smallest absolute Gasteiger partial charge is 0.352 e. The zero-order chi connectivity index (χ0) is 18.4. The minimum absolute atomic E-state index is 0.173. The fraction of sp³-hybridized carbons (Fsp3) is 0.176. The van der Waals surface area contributed by atoms with E-state index in [1.165, 1.54) is 0 Å². The van der Waals surface area contributed by atoms with Gasteiger partial charge in [-0.3, -0.25) is 9.59 Å². The minimum atomic E-state index is -4.44. The fourth-order valence-corrected chi connectivity index (χ4v) is 2.19. The molecular weight excluding hydrogens is 357 g/mol. The molecule has 0 spiro atoms. The monoisotopic (exact) mass is 370 g/mol. The van der Waals surface area contributed by atoms with Crippen LogP contribution in [-0.4, -0.2) is 11.8 Å². The topological polar surface area (TPSA) is 58.2 Å². The molecule has 2 rings (SSSR count). The first-order valence-electron chi connectivity index (χ1n) is 7.23. The number of alkyl halides is 3. The average Bonchev–Trinajstić information content (AvgIpc) is 2.53. The highest BCUT2D eigenvalue weighted by Crippen LogP contribution is 2.29. The number of nitrogens with one attached hydrogen (secondary N) is 2. The largest absolute Gasteiger partial charge is 0.416 e. The van der Waals surface area contributed by atoms with Crippen LogP contribution >= 0.6 is 11.6 Å². The first kappa shape index (κ1) is 18.8. The molecule has 0 fully saturated rings. The van der Waals surface area contributed by atoms with Gasteiger partial charge in [-0.15, -0.1) is 0 Å². The molecule has 25 heavy (non-hydrogen) atoms. The zero-order valence-corrected chi connectivity index (χ0v) is 13.6. The van der Waals surface area contributed by atoms with Crippen LogP contribution in [0.15, 0.2) is 48.5 Å². The number of amides is 2. The Kier molecular flexibility index (Phi) is 6.03. The zero-order valence-electron chi connectivity index (χ0n) is 12.9. The fourth-order valence-electron chi connectivity index (χ4n) is 1.99. The van der Waals surface area contributed by atoms with Crippen LogP contribution < -0.4 is 10.6 Å². The van der Waals surface area contributed by atoms with Gasteiger partial charge >= 0.3 is 6.18 Å². The lowest BCUT2D eigenvalue weighted by atomic mass is 10.2. The molecule has 0 saturated heterocycles. The summed E-state index contributed by atoms with van der Waals surface area (Å²) in [5, 5.41) is 5.42. The maximum Gasteiger partial charge on any atom is 0.416 e. The quantitative estimate of drug-likeness (QED) is 0.781. The Morgan fingerprint density at radius 1 is 0.960 bits per heavy atom. The highest BCUT2D eigenvalue weighted by molar-refractivity contribution is 6.31. The number of anilines is 1. The van der Waals surface area contributed by atoms with Crippen molar-refractivity contribution in [1.29, 1.82) is 0 Å². The van der Waals surface area contributed by atoms with Crippen LogP contribution in [0.2, 0.25) is 5.02 Å². The van der Waals surface area contributed by atoms with Crippen LogP contribution in [0.5, 0.6) is 0 Å². The maximum absolute atomic E-state index is 12.5. The molecule has 0 aromatic heterocycles. The SMILES string of the molecule is O=C(CC(=O)Nc1ccc(C(F)(F)F)cc1)NCc1ccccc1Cl. The molecule has 2 aromatic rings. The number of carbonyl (C=O) groups excluding carboxylic acids is 2. The third kappa shape index (κ3) is 5.79. The molecule has 4 nitrogen and oxygen atoms in total. The summed E-state index contributed by atoms with van der Waals surface area (Å²) < 4.78 is 37.4.